The molecule has 0 bridgehead atoms. The maximum absolute atomic E-state index is 12.6. The van der Waals surface area contributed by atoms with E-state index in [9.17, 15) is 19.5 Å². The van der Waals surface area contributed by atoms with E-state index in [4.69, 9.17) is 11.5 Å². The number of hydrogen-bond donors (Lipinski definition) is 4. The standard InChI is InChI=1S/C22H25N5O4/c1-3-4-5-14-6-8-17(9-7-14)26-27-19(13(2)28)22(31)25-18-11-15(20(23)29)10-16(12-18)21(24)30/h6-12,28H,3-5H2,1-2H3,(H2,23,29)(H2,24,30)(H,25,31)/b19-13+,27-26?. The van der Waals surface area contributed by atoms with Gasteiger partial charge in [-0.25, -0.2) is 0 Å². The Morgan fingerprint density at radius 1 is 1.00 bits per heavy atom. The van der Waals surface area contributed by atoms with Gasteiger partial charge in [0.15, 0.2) is 5.70 Å². The van der Waals surface area contributed by atoms with Crippen LogP contribution < -0.4 is 16.8 Å². The summed E-state index contributed by atoms with van der Waals surface area (Å²) in [5.41, 5.74) is 11.9. The molecule has 31 heavy (non-hydrogen) atoms. The molecule has 0 fully saturated rings. The Balaban J connectivity index is 2.22. The van der Waals surface area contributed by atoms with Crippen molar-refractivity contribution in [2.24, 2.45) is 21.7 Å². The minimum atomic E-state index is -0.797. The normalized spacial score (nSPS) is 11.8. The van der Waals surface area contributed by atoms with E-state index >= 15 is 0 Å². The summed E-state index contributed by atoms with van der Waals surface area (Å²) >= 11 is 0. The zero-order valence-electron chi connectivity index (χ0n) is 17.4. The number of allylic oxidation sites excluding steroid dienone is 1. The van der Waals surface area contributed by atoms with Gasteiger partial charge in [-0.05, 0) is 55.7 Å². The van der Waals surface area contributed by atoms with Gasteiger partial charge in [-0.2, -0.15) is 5.11 Å². The predicted octanol–water partition coefficient (Wildman–Crippen LogP) is 3.74. The van der Waals surface area contributed by atoms with Gasteiger partial charge in [0.25, 0.3) is 5.91 Å². The third-order valence-corrected chi connectivity index (χ3v) is 4.34. The van der Waals surface area contributed by atoms with Crippen LogP contribution in [0, 0.1) is 0 Å². The Morgan fingerprint density at radius 2 is 1.58 bits per heavy atom. The highest BCUT2D eigenvalue weighted by molar-refractivity contribution is 6.06. The number of nitrogens with one attached hydrogen (secondary N) is 1. The monoisotopic (exact) mass is 423 g/mol. The number of amides is 3. The molecule has 0 saturated heterocycles. The molecule has 0 aromatic heterocycles. The fraction of sp³-hybridized carbons (Fsp3) is 0.227. The summed E-state index contributed by atoms with van der Waals surface area (Å²) in [6.07, 6.45) is 3.16. The second kappa shape index (κ2) is 10.7. The van der Waals surface area contributed by atoms with Crippen LogP contribution in [0.15, 0.2) is 64.1 Å². The quantitative estimate of drug-likeness (QED) is 0.275. The number of nitrogens with zero attached hydrogens (tertiary/aromatic N) is 2. The van der Waals surface area contributed by atoms with Crippen LogP contribution in [0.5, 0.6) is 0 Å². The number of hydrogen-bond acceptors (Lipinski definition) is 6. The maximum Gasteiger partial charge on any atom is 0.279 e. The zero-order chi connectivity index (χ0) is 23.0. The maximum atomic E-state index is 12.6. The van der Waals surface area contributed by atoms with Crippen LogP contribution in [-0.2, 0) is 11.2 Å². The molecule has 0 atom stereocenters. The van der Waals surface area contributed by atoms with Crippen molar-refractivity contribution in [3.8, 4) is 0 Å². The summed E-state index contributed by atoms with van der Waals surface area (Å²) in [7, 11) is 0. The molecule has 0 heterocycles. The van der Waals surface area contributed by atoms with Gasteiger partial charge < -0.3 is 21.9 Å². The molecule has 0 radical (unpaired) electrons. The minimum Gasteiger partial charge on any atom is -0.510 e. The summed E-state index contributed by atoms with van der Waals surface area (Å²) in [5, 5.41) is 20.2. The SMILES string of the molecule is CCCCc1ccc(N=N/C(C(=O)Nc2cc(C(N)=O)cc(C(N)=O)c2)=C(\C)O)cc1. The number of aliphatic hydroxyl groups is 1. The fourth-order valence-corrected chi connectivity index (χ4v) is 2.67. The number of unbranched alkanes of at least 4 members (excludes halogenated alkanes) is 1. The third-order valence-electron chi connectivity index (χ3n) is 4.34. The summed E-state index contributed by atoms with van der Waals surface area (Å²) in [6.45, 7) is 3.41. The number of aliphatic hydroxyl groups excluding tert-OH is 1. The van der Waals surface area contributed by atoms with Crippen molar-refractivity contribution in [3.63, 3.8) is 0 Å². The van der Waals surface area contributed by atoms with E-state index in [-0.39, 0.29) is 28.3 Å². The van der Waals surface area contributed by atoms with Crippen LogP contribution in [0.4, 0.5) is 11.4 Å². The van der Waals surface area contributed by atoms with Crippen LogP contribution in [0.1, 0.15) is 53.0 Å². The van der Waals surface area contributed by atoms with Crippen LogP contribution in [0.25, 0.3) is 0 Å². The van der Waals surface area contributed by atoms with Crippen molar-refractivity contribution in [1.29, 1.82) is 0 Å². The average Bonchev–Trinajstić information content (AvgIpc) is 2.72. The number of primary amides is 2. The highest BCUT2D eigenvalue weighted by Gasteiger charge is 2.16. The van der Waals surface area contributed by atoms with Gasteiger partial charge in [-0.1, -0.05) is 25.5 Å². The molecular formula is C22H25N5O4. The molecule has 9 heteroatoms. The second-order valence-corrected chi connectivity index (χ2v) is 6.89. The number of carbonyl (C=O) groups excluding carboxylic acids is 3. The summed E-state index contributed by atoms with van der Waals surface area (Å²) in [6, 6.07) is 11.2. The van der Waals surface area contributed by atoms with Crippen molar-refractivity contribution in [2.45, 2.75) is 33.1 Å². The van der Waals surface area contributed by atoms with E-state index < -0.39 is 17.7 Å². The topological polar surface area (TPSA) is 160 Å². The lowest BCUT2D eigenvalue weighted by molar-refractivity contribution is -0.113. The summed E-state index contributed by atoms with van der Waals surface area (Å²) < 4.78 is 0. The molecule has 0 aliphatic heterocycles. The van der Waals surface area contributed by atoms with E-state index in [0.717, 1.165) is 19.3 Å². The van der Waals surface area contributed by atoms with E-state index in [1.165, 1.54) is 30.7 Å². The van der Waals surface area contributed by atoms with Gasteiger partial charge in [-0.3, -0.25) is 14.4 Å². The Morgan fingerprint density at radius 3 is 2.06 bits per heavy atom. The molecule has 0 aliphatic carbocycles. The molecule has 0 spiro atoms. The molecule has 3 amide bonds. The number of benzene rings is 2. The van der Waals surface area contributed by atoms with Crippen molar-refractivity contribution >= 4 is 29.1 Å². The molecule has 9 nitrogen and oxygen atoms in total. The van der Waals surface area contributed by atoms with Crippen LogP contribution in [0.3, 0.4) is 0 Å². The molecule has 0 aliphatic rings. The molecular weight excluding hydrogens is 398 g/mol. The molecule has 0 saturated carbocycles. The van der Waals surface area contributed by atoms with Gasteiger partial charge in [0.05, 0.1) is 5.69 Å². The molecule has 2 aromatic carbocycles. The number of anilines is 1. The van der Waals surface area contributed by atoms with Gasteiger partial charge in [0.2, 0.25) is 11.8 Å². The summed E-state index contributed by atoms with van der Waals surface area (Å²) in [5.74, 6) is -2.74. The van der Waals surface area contributed by atoms with Crippen LogP contribution in [-0.4, -0.2) is 22.8 Å². The highest BCUT2D eigenvalue weighted by atomic mass is 16.3. The van der Waals surface area contributed by atoms with Crippen molar-refractivity contribution in [3.05, 3.63) is 70.6 Å². The average molecular weight is 423 g/mol. The van der Waals surface area contributed by atoms with Crippen molar-refractivity contribution in [1.82, 2.24) is 0 Å². The number of carbonyl (C=O) groups is 3. The van der Waals surface area contributed by atoms with Crippen LogP contribution >= 0.6 is 0 Å². The molecule has 6 N–H and O–H groups in total. The number of rotatable bonds is 9. The Kier molecular flexibility index (Phi) is 8.01. The molecule has 2 rings (SSSR count). The number of nitrogens with two attached hydrogens (primary N) is 2. The number of azo groups is 1. The first-order valence-electron chi connectivity index (χ1n) is 9.67. The lowest BCUT2D eigenvalue weighted by atomic mass is 10.1. The first-order valence-corrected chi connectivity index (χ1v) is 9.67. The zero-order valence-corrected chi connectivity index (χ0v) is 17.4. The highest BCUT2D eigenvalue weighted by Crippen LogP contribution is 2.19. The number of aryl methyl sites for hydroxylation is 1. The van der Waals surface area contributed by atoms with Gasteiger partial charge in [0, 0.05) is 16.8 Å². The first kappa shape index (κ1) is 23.3. The Bertz CT molecular complexity index is 1010. The lowest BCUT2D eigenvalue weighted by Gasteiger charge is -2.09. The summed E-state index contributed by atoms with van der Waals surface area (Å²) in [4.78, 5) is 35.5. The van der Waals surface area contributed by atoms with E-state index in [0.29, 0.717) is 5.69 Å². The van der Waals surface area contributed by atoms with E-state index in [1.54, 1.807) is 12.1 Å². The molecule has 162 valence electrons. The first-order chi connectivity index (χ1) is 14.7. The molecule has 0 unspecified atom stereocenters. The third kappa shape index (κ3) is 6.77. The smallest absolute Gasteiger partial charge is 0.279 e. The second-order valence-electron chi connectivity index (χ2n) is 6.89. The predicted molar refractivity (Wildman–Crippen MR) is 117 cm³/mol. The largest absolute Gasteiger partial charge is 0.510 e. The lowest BCUT2D eigenvalue weighted by Crippen LogP contribution is -2.19. The van der Waals surface area contributed by atoms with E-state index in [1.807, 2.05) is 12.1 Å². The van der Waals surface area contributed by atoms with Crippen molar-refractivity contribution < 1.29 is 19.5 Å². The Hall–Kier alpha value is -4.01. The van der Waals surface area contributed by atoms with Crippen molar-refractivity contribution in [2.75, 3.05) is 5.32 Å². The van der Waals surface area contributed by atoms with E-state index in [2.05, 4.69) is 22.5 Å². The fourth-order valence-electron chi connectivity index (χ4n) is 2.67. The van der Waals surface area contributed by atoms with Gasteiger partial charge >= 0.3 is 0 Å². The molecule has 2 aromatic rings. The Labute approximate surface area is 179 Å². The van der Waals surface area contributed by atoms with Gasteiger partial charge in [-0.15, -0.1) is 5.11 Å². The van der Waals surface area contributed by atoms with Crippen LogP contribution in [0.2, 0.25) is 0 Å². The van der Waals surface area contributed by atoms with Gasteiger partial charge in [0.1, 0.15) is 5.76 Å². The minimum absolute atomic E-state index is 0.0114.